The first kappa shape index (κ1) is 18.3. The SMILES string of the molecule is CC1(C)Cc2nc(COCCN)c(C#N)c(-c3ncncn3)c2C(O)C1. The molecule has 0 spiro atoms. The monoisotopic (exact) mass is 354 g/mol. The summed E-state index contributed by atoms with van der Waals surface area (Å²) in [5, 5.41) is 20.6. The molecule has 0 aliphatic heterocycles. The van der Waals surface area contributed by atoms with Gasteiger partial charge in [-0.1, -0.05) is 13.8 Å². The molecule has 1 unspecified atom stereocenters. The number of fused-ring (bicyclic) bond motifs is 1. The van der Waals surface area contributed by atoms with Crippen LogP contribution in [0.5, 0.6) is 0 Å². The summed E-state index contributed by atoms with van der Waals surface area (Å²) in [6.45, 7) is 5.11. The Morgan fingerprint density at radius 3 is 2.77 bits per heavy atom. The van der Waals surface area contributed by atoms with Crippen LogP contribution < -0.4 is 5.73 Å². The Bertz CT molecular complexity index is 832. The van der Waals surface area contributed by atoms with Crippen molar-refractivity contribution in [1.82, 2.24) is 19.9 Å². The van der Waals surface area contributed by atoms with Crippen LogP contribution in [0.4, 0.5) is 0 Å². The molecule has 8 nitrogen and oxygen atoms in total. The minimum absolute atomic E-state index is 0.0979. The number of nitrogens with zero attached hydrogens (tertiary/aromatic N) is 5. The van der Waals surface area contributed by atoms with E-state index < -0.39 is 6.10 Å². The number of aliphatic hydroxyl groups excluding tert-OH is 1. The van der Waals surface area contributed by atoms with Crippen molar-refractivity contribution in [2.75, 3.05) is 13.2 Å². The summed E-state index contributed by atoms with van der Waals surface area (Å²) in [4.78, 5) is 16.9. The number of rotatable bonds is 5. The standard InChI is InChI=1S/C18H22N6O2/c1-18(2)5-12-16(14(25)6-18)15(17-22-9-21-10-23-17)11(7-20)13(24-12)8-26-4-3-19/h9-10,14,25H,3-6,8,19H2,1-2H3. The lowest BCUT2D eigenvalue weighted by Crippen LogP contribution is -2.28. The van der Waals surface area contributed by atoms with Gasteiger partial charge in [0, 0.05) is 23.4 Å². The second kappa shape index (κ2) is 7.41. The molecule has 0 fully saturated rings. The summed E-state index contributed by atoms with van der Waals surface area (Å²) >= 11 is 0. The van der Waals surface area contributed by atoms with Crippen LogP contribution in [0, 0.1) is 16.7 Å². The van der Waals surface area contributed by atoms with E-state index in [9.17, 15) is 10.4 Å². The lowest BCUT2D eigenvalue weighted by molar-refractivity contribution is 0.0972. The van der Waals surface area contributed by atoms with Crippen LogP contribution in [-0.2, 0) is 17.8 Å². The quantitative estimate of drug-likeness (QED) is 0.768. The van der Waals surface area contributed by atoms with Gasteiger partial charge in [0.25, 0.3) is 0 Å². The van der Waals surface area contributed by atoms with Gasteiger partial charge in [0.15, 0.2) is 5.82 Å². The molecule has 0 radical (unpaired) electrons. The smallest absolute Gasteiger partial charge is 0.164 e. The fourth-order valence-corrected chi connectivity index (χ4v) is 3.42. The Labute approximate surface area is 152 Å². The first-order chi connectivity index (χ1) is 12.5. The van der Waals surface area contributed by atoms with Crippen LogP contribution in [0.3, 0.4) is 0 Å². The van der Waals surface area contributed by atoms with Gasteiger partial charge in [-0.3, -0.25) is 4.98 Å². The van der Waals surface area contributed by atoms with Crippen LogP contribution in [0.1, 0.15) is 48.9 Å². The number of hydrogen-bond acceptors (Lipinski definition) is 8. The van der Waals surface area contributed by atoms with Gasteiger partial charge in [0.05, 0.1) is 30.6 Å². The summed E-state index contributed by atoms with van der Waals surface area (Å²) in [7, 11) is 0. The molecule has 0 saturated carbocycles. The second-order valence-electron chi connectivity index (χ2n) is 7.14. The summed E-state index contributed by atoms with van der Waals surface area (Å²) in [5.74, 6) is 0.356. The highest BCUT2D eigenvalue weighted by Crippen LogP contribution is 2.44. The zero-order valence-electron chi connectivity index (χ0n) is 14.9. The molecule has 3 rings (SSSR count). The third kappa shape index (κ3) is 3.55. The molecular formula is C18H22N6O2. The van der Waals surface area contributed by atoms with Gasteiger partial charge < -0.3 is 15.6 Å². The van der Waals surface area contributed by atoms with E-state index in [1.807, 2.05) is 0 Å². The number of nitriles is 1. The summed E-state index contributed by atoms with van der Waals surface area (Å²) < 4.78 is 5.52. The molecule has 8 heteroatoms. The first-order valence-corrected chi connectivity index (χ1v) is 8.51. The Kier molecular flexibility index (Phi) is 5.23. The minimum Gasteiger partial charge on any atom is -0.388 e. The number of ether oxygens (including phenoxy) is 1. The molecule has 2 aromatic heterocycles. The van der Waals surface area contributed by atoms with Crippen molar-refractivity contribution in [3.63, 3.8) is 0 Å². The highest BCUT2D eigenvalue weighted by Gasteiger charge is 2.36. The fraction of sp³-hybridized carbons (Fsp3) is 0.500. The molecule has 0 aromatic carbocycles. The number of aromatic nitrogens is 4. The molecule has 2 aromatic rings. The van der Waals surface area contributed by atoms with Gasteiger partial charge in [0.1, 0.15) is 18.7 Å². The van der Waals surface area contributed by atoms with Crippen molar-refractivity contribution in [3.8, 4) is 17.5 Å². The van der Waals surface area contributed by atoms with Crippen molar-refractivity contribution in [2.24, 2.45) is 11.1 Å². The van der Waals surface area contributed by atoms with E-state index in [1.54, 1.807) is 0 Å². The third-order valence-electron chi connectivity index (χ3n) is 4.44. The average Bonchev–Trinajstić information content (AvgIpc) is 2.60. The van der Waals surface area contributed by atoms with Crippen LogP contribution in [0.25, 0.3) is 11.4 Å². The maximum absolute atomic E-state index is 10.8. The summed E-state index contributed by atoms with van der Waals surface area (Å²) in [5.41, 5.74) is 8.13. The highest BCUT2D eigenvalue weighted by atomic mass is 16.5. The Morgan fingerprint density at radius 1 is 1.38 bits per heavy atom. The van der Waals surface area contributed by atoms with Crippen molar-refractivity contribution in [1.29, 1.82) is 5.26 Å². The molecule has 0 saturated heterocycles. The normalized spacial score (nSPS) is 18.2. The predicted molar refractivity (Wildman–Crippen MR) is 93.5 cm³/mol. The zero-order valence-corrected chi connectivity index (χ0v) is 14.9. The van der Waals surface area contributed by atoms with Crippen molar-refractivity contribution >= 4 is 0 Å². The largest absolute Gasteiger partial charge is 0.388 e. The Hall–Kier alpha value is -2.47. The van der Waals surface area contributed by atoms with Gasteiger partial charge in [-0.15, -0.1) is 0 Å². The molecule has 1 atom stereocenters. The van der Waals surface area contributed by atoms with E-state index in [2.05, 4.69) is 39.9 Å². The lowest BCUT2D eigenvalue weighted by atomic mass is 9.73. The van der Waals surface area contributed by atoms with Gasteiger partial charge >= 0.3 is 0 Å². The van der Waals surface area contributed by atoms with Crippen molar-refractivity contribution in [2.45, 2.75) is 39.4 Å². The zero-order chi connectivity index (χ0) is 18.7. The third-order valence-corrected chi connectivity index (χ3v) is 4.44. The van der Waals surface area contributed by atoms with Crippen molar-refractivity contribution < 1.29 is 9.84 Å². The maximum atomic E-state index is 10.8. The number of nitrogens with two attached hydrogens (primary N) is 1. The predicted octanol–water partition coefficient (Wildman–Crippen LogP) is 1.29. The highest BCUT2D eigenvalue weighted by molar-refractivity contribution is 5.71. The van der Waals surface area contributed by atoms with Gasteiger partial charge in [0.2, 0.25) is 0 Å². The van der Waals surface area contributed by atoms with Crippen LogP contribution in [0.2, 0.25) is 0 Å². The number of aliphatic hydroxyl groups is 1. The van der Waals surface area contributed by atoms with Crippen LogP contribution in [-0.4, -0.2) is 38.2 Å². The number of hydrogen-bond donors (Lipinski definition) is 2. The van der Waals surface area contributed by atoms with E-state index in [4.69, 9.17) is 10.5 Å². The molecule has 26 heavy (non-hydrogen) atoms. The van der Waals surface area contributed by atoms with Crippen LogP contribution in [0.15, 0.2) is 12.7 Å². The van der Waals surface area contributed by atoms with E-state index >= 15 is 0 Å². The second-order valence-corrected chi connectivity index (χ2v) is 7.14. The molecule has 3 N–H and O–H groups in total. The first-order valence-electron chi connectivity index (χ1n) is 8.51. The van der Waals surface area contributed by atoms with E-state index in [0.29, 0.717) is 54.2 Å². The average molecular weight is 354 g/mol. The van der Waals surface area contributed by atoms with Crippen molar-refractivity contribution in [3.05, 3.63) is 35.2 Å². The van der Waals surface area contributed by atoms with Gasteiger partial charge in [-0.2, -0.15) is 5.26 Å². The molecule has 0 amide bonds. The van der Waals surface area contributed by atoms with Gasteiger partial charge in [-0.05, 0) is 18.3 Å². The Morgan fingerprint density at radius 2 is 2.12 bits per heavy atom. The summed E-state index contributed by atoms with van der Waals surface area (Å²) in [6.07, 6.45) is 3.28. The number of pyridine rings is 1. The minimum atomic E-state index is -0.737. The van der Waals surface area contributed by atoms with E-state index in [0.717, 1.165) is 5.69 Å². The van der Waals surface area contributed by atoms with E-state index in [1.165, 1.54) is 12.7 Å². The summed E-state index contributed by atoms with van der Waals surface area (Å²) in [6, 6.07) is 2.20. The molecular weight excluding hydrogens is 332 g/mol. The molecule has 2 heterocycles. The molecule has 1 aliphatic carbocycles. The lowest BCUT2D eigenvalue weighted by Gasteiger charge is -2.35. The van der Waals surface area contributed by atoms with Gasteiger partial charge in [-0.25, -0.2) is 15.0 Å². The topological polar surface area (TPSA) is 131 Å². The molecule has 0 bridgehead atoms. The maximum Gasteiger partial charge on any atom is 0.164 e. The molecule has 136 valence electrons. The molecule has 1 aliphatic rings. The fourth-order valence-electron chi connectivity index (χ4n) is 3.42. The van der Waals surface area contributed by atoms with Crippen LogP contribution >= 0.6 is 0 Å². The Balaban J connectivity index is 2.22. The van der Waals surface area contributed by atoms with E-state index in [-0.39, 0.29) is 12.0 Å².